The van der Waals surface area contributed by atoms with E-state index in [0.29, 0.717) is 0 Å². The molecule has 0 atom stereocenters. The van der Waals surface area contributed by atoms with Crippen molar-refractivity contribution in [1.82, 2.24) is 14.8 Å². The third kappa shape index (κ3) is 2.23. The fraction of sp³-hybridized carbons (Fsp3) is 0.467. The van der Waals surface area contributed by atoms with E-state index in [0.717, 1.165) is 37.5 Å². The predicted molar refractivity (Wildman–Crippen MR) is 77.2 cm³/mol. The van der Waals surface area contributed by atoms with E-state index in [1.165, 1.54) is 23.2 Å². The van der Waals surface area contributed by atoms with Gasteiger partial charge in [0.15, 0.2) is 11.6 Å². The monoisotopic (exact) mass is 256 g/mol. The van der Waals surface area contributed by atoms with E-state index < -0.39 is 0 Å². The predicted octanol–water partition coefficient (Wildman–Crippen LogP) is 2.79. The molecule has 1 aromatic carbocycles. The number of aromatic nitrogens is 3. The van der Waals surface area contributed by atoms with Gasteiger partial charge >= 0.3 is 0 Å². The Balaban J connectivity index is 2.06. The zero-order valence-electron chi connectivity index (χ0n) is 11.6. The minimum atomic E-state index is 0.946. The van der Waals surface area contributed by atoms with Crippen molar-refractivity contribution < 1.29 is 0 Å². The maximum Gasteiger partial charge on any atom is 0.158 e. The van der Waals surface area contributed by atoms with Crippen molar-refractivity contribution in [3.05, 3.63) is 29.6 Å². The Morgan fingerprint density at radius 2 is 2.26 bits per heavy atom. The average molecular weight is 256 g/mol. The molecule has 0 spiro atoms. The van der Waals surface area contributed by atoms with Gasteiger partial charge in [-0.15, -0.1) is 0 Å². The van der Waals surface area contributed by atoms with E-state index >= 15 is 0 Å². The van der Waals surface area contributed by atoms with Gasteiger partial charge in [-0.1, -0.05) is 19.1 Å². The summed E-state index contributed by atoms with van der Waals surface area (Å²) in [6.45, 7) is 3.22. The molecule has 1 aliphatic rings. The molecule has 2 aromatic rings. The zero-order chi connectivity index (χ0) is 13.2. The van der Waals surface area contributed by atoms with Gasteiger partial charge in [0.05, 0.1) is 0 Å². The van der Waals surface area contributed by atoms with Crippen LogP contribution < -0.4 is 5.32 Å². The molecule has 0 amide bonds. The third-order valence-electron chi connectivity index (χ3n) is 3.62. The number of nitrogens with zero attached hydrogens (tertiary/aromatic N) is 3. The quantitative estimate of drug-likeness (QED) is 0.918. The minimum Gasteiger partial charge on any atom is -0.385 e. The van der Waals surface area contributed by atoms with Gasteiger partial charge in [0, 0.05) is 31.3 Å². The average Bonchev–Trinajstić information content (AvgIpc) is 2.79. The fourth-order valence-corrected chi connectivity index (χ4v) is 2.72. The van der Waals surface area contributed by atoms with Crippen LogP contribution in [0.3, 0.4) is 0 Å². The SMILES string of the molecule is CCCc1nc(-c2cccc3c2CCCN3)n(C)n1. The Hall–Kier alpha value is -1.84. The summed E-state index contributed by atoms with van der Waals surface area (Å²) in [4.78, 5) is 4.70. The lowest BCUT2D eigenvalue weighted by molar-refractivity contribution is 0.736. The van der Waals surface area contributed by atoms with Crippen LogP contribution >= 0.6 is 0 Å². The fourth-order valence-electron chi connectivity index (χ4n) is 2.72. The number of hydrogen-bond donors (Lipinski definition) is 1. The molecule has 0 radical (unpaired) electrons. The van der Waals surface area contributed by atoms with E-state index in [1.54, 1.807) is 0 Å². The van der Waals surface area contributed by atoms with Gasteiger partial charge in [-0.25, -0.2) is 9.67 Å². The van der Waals surface area contributed by atoms with Crippen LogP contribution in [0.15, 0.2) is 18.2 Å². The highest BCUT2D eigenvalue weighted by atomic mass is 15.3. The summed E-state index contributed by atoms with van der Waals surface area (Å²) in [6, 6.07) is 6.41. The van der Waals surface area contributed by atoms with E-state index in [4.69, 9.17) is 4.98 Å². The van der Waals surface area contributed by atoms with Gasteiger partial charge in [-0.2, -0.15) is 5.10 Å². The molecular formula is C15H20N4. The Kier molecular flexibility index (Phi) is 3.23. The largest absolute Gasteiger partial charge is 0.385 e. The maximum atomic E-state index is 4.70. The maximum absolute atomic E-state index is 4.70. The van der Waals surface area contributed by atoms with Crippen molar-refractivity contribution in [2.45, 2.75) is 32.6 Å². The van der Waals surface area contributed by atoms with Gasteiger partial charge in [0.25, 0.3) is 0 Å². The van der Waals surface area contributed by atoms with Gasteiger partial charge in [0.1, 0.15) is 0 Å². The summed E-state index contributed by atoms with van der Waals surface area (Å²) in [5.41, 5.74) is 3.86. The summed E-state index contributed by atoms with van der Waals surface area (Å²) in [6.07, 6.45) is 4.33. The van der Waals surface area contributed by atoms with Crippen molar-refractivity contribution in [3.63, 3.8) is 0 Å². The van der Waals surface area contributed by atoms with Crippen LogP contribution in [0.4, 0.5) is 5.69 Å². The van der Waals surface area contributed by atoms with Crippen molar-refractivity contribution in [2.75, 3.05) is 11.9 Å². The van der Waals surface area contributed by atoms with Crippen molar-refractivity contribution in [3.8, 4) is 11.4 Å². The highest BCUT2D eigenvalue weighted by molar-refractivity contribution is 5.70. The molecular weight excluding hydrogens is 236 g/mol. The number of anilines is 1. The van der Waals surface area contributed by atoms with Gasteiger partial charge in [0.2, 0.25) is 0 Å². The zero-order valence-corrected chi connectivity index (χ0v) is 11.6. The van der Waals surface area contributed by atoms with Crippen LogP contribution in [0, 0.1) is 0 Å². The van der Waals surface area contributed by atoms with E-state index in [2.05, 4.69) is 35.5 Å². The standard InChI is InChI=1S/C15H20N4/c1-3-6-14-17-15(19(2)18-14)12-7-4-9-13-11(12)8-5-10-16-13/h4,7,9,16H,3,5-6,8,10H2,1-2H3. The molecule has 0 saturated heterocycles. The smallest absolute Gasteiger partial charge is 0.158 e. The van der Waals surface area contributed by atoms with E-state index in [1.807, 2.05) is 11.7 Å². The van der Waals surface area contributed by atoms with Gasteiger partial charge in [-0.3, -0.25) is 0 Å². The first kappa shape index (κ1) is 12.2. The molecule has 0 aliphatic carbocycles. The molecule has 0 unspecified atom stereocenters. The Bertz CT molecular complexity index is 586. The Morgan fingerprint density at radius 3 is 3.11 bits per heavy atom. The summed E-state index contributed by atoms with van der Waals surface area (Å²) in [5, 5.41) is 7.98. The number of nitrogens with one attached hydrogen (secondary N) is 1. The highest BCUT2D eigenvalue weighted by Gasteiger charge is 2.17. The lowest BCUT2D eigenvalue weighted by atomic mass is 9.97. The summed E-state index contributed by atoms with van der Waals surface area (Å²) in [7, 11) is 1.98. The molecule has 3 rings (SSSR count). The topological polar surface area (TPSA) is 42.7 Å². The number of fused-ring (bicyclic) bond motifs is 1. The van der Waals surface area contributed by atoms with E-state index in [9.17, 15) is 0 Å². The van der Waals surface area contributed by atoms with Crippen LogP contribution in [0.2, 0.25) is 0 Å². The van der Waals surface area contributed by atoms with Crippen LogP contribution in [-0.4, -0.2) is 21.3 Å². The molecule has 2 heterocycles. The van der Waals surface area contributed by atoms with Crippen molar-refractivity contribution >= 4 is 5.69 Å². The normalized spacial score (nSPS) is 14.0. The minimum absolute atomic E-state index is 0.946. The molecule has 19 heavy (non-hydrogen) atoms. The first-order valence-corrected chi connectivity index (χ1v) is 7.05. The second-order valence-corrected chi connectivity index (χ2v) is 5.09. The molecule has 0 saturated carbocycles. The van der Waals surface area contributed by atoms with Crippen molar-refractivity contribution in [2.24, 2.45) is 7.05 Å². The number of aryl methyl sites for hydroxylation is 2. The second-order valence-electron chi connectivity index (χ2n) is 5.09. The van der Waals surface area contributed by atoms with E-state index in [-0.39, 0.29) is 0 Å². The molecule has 1 N–H and O–H groups in total. The summed E-state index contributed by atoms with van der Waals surface area (Å²) in [5.74, 6) is 1.94. The third-order valence-corrected chi connectivity index (χ3v) is 3.62. The molecule has 0 bridgehead atoms. The molecule has 1 aromatic heterocycles. The first-order chi connectivity index (χ1) is 9.29. The molecule has 4 nitrogen and oxygen atoms in total. The number of benzene rings is 1. The van der Waals surface area contributed by atoms with Gasteiger partial charge < -0.3 is 5.32 Å². The number of hydrogen-bond acceptors (Lipinski definition) is 3. The highest BCUT2D eigenvalue weighted by Crippen LogP contribution is 2.31. The number of rotatable bonds is 3. The molecule has 100 valence electrons. The Labute approximate surface area is 113 Å². The van der Waals surface area contributed by atoms with Crippen LogP contribution in [0.5, 0.6) is 0 Å². The molecule has 1 aliphatic heterocycles. The lowest BCUT2D eigenvalue weighted by Gasteiger charge is -2.20. The van der Waals surface area contributed by atoms with Crippen molar-refractivity contribution in [1.29, 1.82) is 0 Å². The molecule has 4 heteroatoms. The summed E-state index contributed by atoms with van der Waals surface area (Å²) >= 11 is 0. The lowest BCUT2D eigenvalue weighted by Crippen LogP contribution is -2.13. The molecule has 0 fully saturated rings. The van der Waals surface area contributed by atoms with Crippen LogP contribution in [-0.2, 0) is 19.9 Å². The summed E-state index contributed by atoms with van der Waals surface area (Å²) < 4.78 is 1.91. The van der Waals surface area contributed by atoms with Gasteiger partial charge in [-0.05, 0) is 30.9 Å². The second kappa shape index (κ2) is 5.03. The Morgan fingerprint density at radius 1 is 1.37 bits per heavy atom. The first-order valence-electron chi connectivity index (χ1n) is 7.05. The van der Waals surface area contributed by atoms with Crippen LogP contribution in [0.25, 0.3) is 11.4 Å². The van der Waals surface area contributed by atoms with Crippen LogP contribution in [0.1, 0.15) is 31.2 Å².